The van der Waals surface area contributed by atoms with Crippen molar-refractivity contribution >= 4 is 5.97 Å². The smallest absolute Gasteiger partial charge is 0.305 e. The van der Waals surface area contributed by atoms with Crippen molar-refractivity contribution in [1.82, 2.24) is 0 Å². The summed E-state index contributed by atoms with van der Waals surface area (Å²) in [5, 5.41) is 10.2. The third-order valence-corrected chi connectivity index (χ3v) is 9.34. The average molecular weight is 401 g/mol. The van der Waals surface area contributed by atoms with E-state index < -0.39 is 0 Å². The van der Waals surface area contributed by atoms with Crippen molar-refractivity contribution in [2.45, 2.75) is 91.6 Å². The molecule has 0 heterocycles. The molecule has 3 nitrogen and oxygen atoms in total. The van der Waals surface area contributed by atoms with Crippen LogP contribution in [0.2, 0.25) is 0 Å². The van der Waals surface area contributed by atoms with Gasteiger partial charge in [0.15, 0.2) is 0 Å². The van der Waals surface area contributed by atoms with Crippen LogP contribution in [0.15, 0.2) is 23.3 Å². The molecule has 0 aromatic heterocycles. The van der Waals surface area contributed by atoms with Gasteiger partial charge >= 0.3 is 5.97 Å². The first-order valence-corrected chi connectivity index (χ1v) is 12.0. The minimum absolute atomic E-state index is 0.0549. The van der Waals surface area contributed by atoms with E-state index >= 15 is 0 Å². The molecule has 0 saturated heterocycles. The van der Waals surface area contributed by atoms with Crippen molar-refractivity contribution in [2.75, 3.05) is 6.61 Å². The van der Waals surface area contributed by atoms with Gasteiger partial charge in [0.05, 0.1) is 12.7 Å². The zero-order valence-electron chi connectivity index (χ0n) is 18.9. The normalized spacial score (nSPS) is 42.1. The minimum Gasteiger partial charge on any atom is -0.466 e. The van der Waals surface area contributed by atoms with Crippen molar-refractivity contribution in [3.8, 4) is 0 Å². The first kappa shape index (κ1) is 21.2. The van der Waals surface area contributed by atoms with Crippen LogP contribution in [-0.2, 0) is 9.53 Å². The summed E-state index contributed by atoms with van der Waals surface area (Å²) >= 11 is 0. The lowest BCUT2D eigenvalue weighted by Crippen LogP contribution is -2.50. The van der Waals surface area contributed by atoms with Crippen molar-refractivity contribution in [3.63, 3.8) is 0 Å². The molecule has 0 spiro atoms. The van der Waals surface area contributed by atoms with Gasteiger partial charge in [0.2, 0.25) is 0 Å². The van der Waals surface area contributed by atoms with E-state index in [1.54, 1.807) is 11.1 Å². The Morgan fingerprint density at radius 1 is 1.17 bits per heavy atom. The number of ether oxygens (including phenoxy) is 1. The molecule has 162 valence electrons. The van der Waals surface area contributed by atoms with E-state index in [4.69, 9.17) is 4.74 Å². The number of hydrogen-bond acceptors (Lipinski definition) is 3. The Balaban J connectivity index is 1.49. The van der Waals surface area contributed by atoms with Gasteiger partial charge in [-0.3, -0.25) is 4.79 Å². The van der Waals surface area contributed by atoms with Crippen LogP contribution >= 0.6 is 0 Å². The number of esters is 1. The molecule has 0 aromatic carbocycles. The topological polar surface area (TPSA) is 46.5 Å². The minimum atomic E-state index is -0.125. The van der Waals surface area contributed by atoms with Gasteiger partial charge in [-0.1, -0.05) is 44.1 Å². The highest BCUT2D eigenvalue weighted by Crippen LogP contribution is 2.65. The van der Waals surface area contributed by atoms with E-state index in [0.717, 1.165) is 43.4 Å². The standard InChI is InChI=1S/C26H40O3/c1-5-29-24(28)11-6-17(2)21-9-10-22-20-8-7-18-16-19(27)12-14-25(18,3)23(20)13-15-26(21,22)4/h7,9,17,19-20,22-23,27H,5-6,8,10-16H2,1-4H3/t17?,19-,20-,22-,23-,25-,26+/m0/s1. The van der Waals surface area contributed by atoms with Crippen molar-refractivity contribution in [1.29, 1.82) is 0 Å². The molecule has 1 N–H and O–H groups in total. The zero-order chi connectivity index (χ0) is 20.8. The number of fused-ring (bicyclic) bond motifs is 5. The third-order valence-electron chi connectivity index (χ3n) is 9.34. The Bertz CT molecular complexity index is 707. The zero-order valence-corrected chi connectivity index (χ0v) is 18.9. The van der Waals surface area contributed by atoms with Gasteiger partial charge in [0.1, 0.15) is 0 Å². The molecule has 0 amide bonds. The van der Waals surface area contributed by atoms with Gasteiger partial charge in [0, 0.05) is 6.42 Å². The number of carbonyl (C=O) groups excluding carboxylic acids is 1. The van der Waals surface area contributed by atoms with Gasteiger partial charge in [-0.05, 0) is 92.8 Å². The van der Waals surface area contributed by atoms with E-state index in [-0.39, 0.29) is 12.1 Å². The van der Waals surface area contributed by atoms with Gasteiger partial charge in [-0.2, -0.15) is 0 Å². The van der Waals surface area contributed by atoms with Crippen LogP contribution in [-0.4, -0.2) is 23.8 Å². The molecule has 7 atom stereocenters. The molecule has 0 aliphatic heterocycles. The van der Waals surface area contributed by atoms with Gasteiger partial charge in [-0.15, -0.1) is 0 Å². The summed E-state index contributed by atoms with van der Waals surface area (Å²) in [6.45, 7) is 9.68. The Labute approximate surface area is 177 Å². The molecule has 4 rings (SSSR count). The summed E-state index contributed by atoms with van der Waals surface area (Å²) in [5.41, 5.74) is 3.77. The van der Waals surface area contributed by atoms with Crippen molar-refractivity contribution in [3.05, 3.63) is 23.3 Å². The van der Waals surface area contributed by atoms with Crippen LogP contribution < -0.4 is 0 Å². The molecule has 0 radical (unpaired) electrons. The molecular weight excluding hydrogens is 360 g/mol. The molecule has 4 aliphatic rings. The predicted molar refractivity (Wildman–Crippen MR) is 116 cm³/mol. The molecule has 3 heteroatoms. The molecule has 0 bridgehead atoms. The van der Waals surface area contributed by atoms with E-state index in [1.165, 1.54) is 25.7 Å². The van der Waals surface area contributed by atoms with Crippen LogP contribution in [0.1, 0.15) is 85.5 Å². The van der Waals surface area contributed by atoms with Crippen molar-refractivity contribution in [2.24, 2.45) is 34.5 Å². The Hall–Kier alpha value is -1.09. The van der Waals surface area contributed by atoms with E-state index in [2.05, 4.69) is 32.9 Å². The first-order valence-electron chi connectivity index (χ1n) is 12.0. The second kappa shape index (κ2) is 7.87. The summed E-state index contributed by atoms with van der Waals surface area (Å²) in [6, 6.07) is 0. The summed E-state index contributed by atoms with van der Waals surface area (Å²) in [7, 11) is 0. The maximum absolute atomic E-state index is 11.8. The average Bonchev–Trinajstić information content (AvgIpc) is 3.04. The Morgan fingerprint density at radius 2 is 1.93 bits per heavy atom. The van der Waals surface area contributed by atoms with Crippen LogP contribution in [0.25, 0.3) is 0 Å². The lowest BCUT2D eigenvalue weighted by atomic mass is 9.47. The Morgan fingerprint density at radius 3 is 2.69 bits per heavy atom. The fourth-order valence-corrected chi connectivity index (χ4v) is 7.73. The predicted octanol–water partition coefficient (Wildman–Crippen LogP) is 5.83. The van der Waals surface area contributed by atoms with E-state index in [1.807, 2.05) is 6.92 Å². The third kappa shape index (κ3) is 3.52. The second-order valence-electron chi connectivity index (χ2n) is 10.8. The number of aliphatic hydroxyl groups is 1. The van der Waals surface area contributed by atoms with Gasteiger partial charge in [0.25, 0.3) is 0 Å². The number of carbonyl (C=O) groups is 1. The monoisotopic (exact) mass is 400 g/mol. The molecule has 1 unspecified atom stereocenters. The molecule has 2 saturated carbocycles. The van der Waals surface area contributed by atoms with Crippen LogP contribution in [0.3, 0.4) is 0 Å². The molecular formula is C26H40O3. The number of hydrogen-bond donors (Lipinski definition) is 1. The fourth-order valence-electron chi connectivity index (χ4n) is 7.73. The van der Waals surface area contributed by atoms with Crippen molar-refractivity contribution < 1.29 is 14.6 Å². The molecule has 4 aliphatic carbocycles. The van der Waals surface area contributed by atoms with Gasteiger partial charge < -0.3 is 9.84 Å². The SMILES string of the molecule is CCOC(=O)CCC(C)C1=CC[C@H]2[C@@H]3CC=C4C[C@@H](O)CC[C@]4(C)[C@H]3CC[C@]12C. The first-order chi connectivity index (χ1) is 13.8. The van der Waals surface area contributed by atoms with E-state index in [9.17, 15) is 9.90 Å². The van der Waals surface area contributed by atoms with Crippen LogP contribution in [0, 0.1) is 34.5 Å². The van der Waals surface area contributed by atoms with Crippen LogP contribution in [0.4, 0.5) is 0 Å². The van der Waals surface area contributed by atoms with Crippen LogP contribution in [0.5, 0.6) is 0 Å². The number of aliphatic hydroxyl groups excluding tert-OH is 1. The number of allylic oxidation sites excluding steroid dienone is 3. The lowest BCUT2D eigenvalue weighted by molar-refractivity contribution is -0.143. The molecule has 0 aromatic rings. The largest absolute Gasteiger partial charge is 0.466 e. The van der Waals surface area contributed by atoms with E-state index in [0.29, 0.717) is 29.8 Å². The summed E-state index contributed by atoms with van der Waals surface area (Å²) < 4.78 is 5.14. The highest BCUT2D eigenvalue weighted by Gasteiger charge is 2.56. The lowest BCUT2D eigenvalue weighted by Gasteiger charge is -2.58. The molecule has 29 heavy (non-hydrogen) atoms. The maximum Gasteiger partial charge on any atom is 0.305 e. The number of rotatable bonds is 5. The summed E-state index contributed by atoms with van der Waals surface area (Å²) in [5.74, 6) is 2.68. The Kier molecular flexibility index (Phi) is 5.74. The maximum atomic E-state index is 11.8. The fraction of sp³-hybridized carbons (Fsp3) is 0.808. The highest BCUT2D eigenvalue weighted by atomic mass is 16.5. The summed E-state index contributed by atoms with van der Waals surface area (Å²) in [4.78, 5) is 11.8. The highest BCUT2D eigenvalue weighted by molar-refractivity contribution is 5.69. The summed E-state index contributed by atoms with van der Waals surface area (Å²) in [6.07, 6.45) is 14.4. The van der Waals surface area contributed by atoms with Gasteiger partial charge in [-0.25, -0.2) is 0 Å². The quantitative estimate of drug-likeness (QED) is 0.467. The molecule has 2 fully saturated rings. The second-order valence-corrected chi connectivity index (χ2v) is 10.8.